The van der Waals surface area contributed by atoms with E-state index in [9.17, 15) is 0 Å². The summed E-state index contributed by atoms with van der Waals surface area (Å²) in [7, 11) is 2.14. The van der Waals surface area contributed by atoms with Crippen LogP contribution in [0.1, 0.15) is 24.1 Å². The molecule has 1 atom stereocenters. The summed E-state index contributed by atoms with van der Waals surface area (Å²) in [4.78, 5) is 10.6. The molecule has 2 heterocycles. The fourth-order valence-electron chi connectivity index (χ4n) is 2.49. The Labute approximate surface area is 131 Å². The maximum atomic E-state index is 4.20. The zero-order valence-corrected chi connectivity index (χ0v) is 12.9. The second kappa shape index (κ2) is 6.54. The largest absolute Gasteiger partial charge is 0.306 e. The number of nitrogens with zero attached hydrogens (tertiary/aromatic N) is 4. The minimum Gasteiger partial charge on any atom is -0.306 e. The number of rotatable bonds is 5. The zero-order chi connectivity index (χ0) is 15.4. The Bertz CT molecular complexity index is 690. The van der Waals surface area contributed by atoms with E-state index in [1.165, 1.54) is 11.1 Å². The SMILES string of the molecule is CC(c1cccnc1)N(C)Cc1ccc(-n2ccnc2)cc1. The molecule has 4 heteroatoms. The van der Waals surface area contributed by atoms with Crippen molar-refractivity contribution in [2.45, 2.75) is 19.5 Å². The summed E-state index contributed by atoms with van der Waals surface area (Å²) in [6.45, 7) is 3.11. The van der Waals surface area contributed by atoms with Crippen LogP contribution in [0, 0.1) is 0 Å². The van der Waals surface area contributed by atoms with Gasteiger partial charge in [0.2, 0.25) is 0 Å². The van der Waals surface area contributed by atoms with Gasteiger partial charge < -0.3 is 4.57 Å². The van der Waals surface area contributed by atoms with Crippen LogP contribution in [0.5, 0.6) is 0 Å². The lowest BCUT2D eigenvalue weighted by Crippen LogP contribution is -2.22. The lowest BCUT2D eigenvalue weighted by molar-refractivity contribution is 0.252. The molecule has 112 valence electrons. The van der Waals surface area contributed by atoms with Gasteiger partial charge in [-0.15, -0.1) is 0 Å². The van der Waals surface area contributed by atoms with Gasteiger partial charge in [-0.3, -0.25) is 9.88 Å². The molecule has 0 aliphatic rings. The van der Waals surface area contributed by atoms with Crippen LogP contribution in [-0.4, -0.2) is 26.5 Å². The molecule has 1 aromatic carbocycles. The zero-order valence-electron chi connectivity index (χ0n) is 12.9. The first kappa shape index (κ1) is 14.5. The monoisotopic (exact) mass is 292 g/mol. The second-order valence-electron chi connectivity index (χ2n) is 5.51. The number of imidazole rings is 1. The maximum absolute atomic E-state index is 4.20. The molecule has 0 spiro atoms. The Morgan fingerprint density at radius 1 is 1.09 bits per heavy atom. The van der Waals surface area contributed by atoms with Crippen LogP contribution < -0.4 is 0 Å². The quantitative estimate of drug-likeness (QED) is 0.722. The van der Waals surface area contributed by atoms with Crippen molar-refractivity contribution < 1.29 is 0 Å². The van der Waals surface area contributed by atoms with Crippen molar-refractivity contribution in [2.75, 3.05) is 7.05 Å². The second-order valence-corrected chi connectivity index (χ2v) is 5.51. The number of hydrogen-bond donors (Lipinski definition) is 0. The normalized spacial score (nSPS) is 12.5. The van der Waals surface area contributed by atoms with E-state index in [2.05, 4.69) is 59.2 Å². The lowest BCUT2D eigenvalue weighted by Gasteiger charge is -2.25. The third-order valence-corrected chi connectivity index (χ3v) is 4.00. The van der Waals surface area contributed by atoms with Gasteiger partial charge in [0, 0.05) is 43.1 Å². The fourth-order valence-corrected chi connectivity index (χ4v) is 2.49. The smallest absolute Gasteiger partial charge is 0.0991 e. The highest BCUT2D eigenvalue weighted by atomic mass is 15.1. The molecule has 1 unspecified atom stereocenters. The van der Waals surface area contributed by atoms with Crippen LogP contribution in [0.4, 0.5) is 0 Å². The van der Waals surface area contributed by atoms with E-state index in [1.807, 2.05) is 35.6 Å². The third-order valence-electron chi connectivity index (χ3n) is 4.00. The molecule has 3 aromatic rings. The van der Waals surface area contributed by atoms with Crippen molar-refractivity contribution in [3.05, 3.63) is 78.6 Å². The first-order chi connectivity index (χ1) is 10.7. The van der Waals surface area contributed by atoms with Crippen LogP contribution in [-0.2, 0) is 6.54 Å². The van der Waals surface area contributed by atoms with Crippen molar-refractivity contribution in [1.82, 2.24) is 19.4 Å². The molecule has 2 aromatic heterocycles. The first-order valence-electron chi connectivity index (χ1n) is 7.41. The molecule has 0 radical (unpaired) electrons. The predicted molar refractivity (Wildman–Crippen MR) is 87.7 cm³/mol. The molecule has 0 bridgehead atoms. The lowest BCUT2D eigenvalue weighted by atomic mass is 10.1. The van der Waals surface area contributed by atoms with Crippen LogP contribution in [0.25, 0.3) is 5.69 Å². The van der Waals surface area contributed by atoms with Gasteiger partial charge in [-0.05, 0) is 43.3 Å². The molecule has 0 aliphatic carbocycles. The van der Waals surface area contributed by atoms with Gasteiger partial charge in [0.15, 0.2) is 0 Å². The maximum Gasteiger partial charge on any atom is 0.0991 e. The van der Waals surface area contributed by atoms with Crippen molar-refractivity contribution >= 4 is 0 Å². The molecule has 3 rings (SSSR count). The van der Waals surface area contributed by atoms with E-state index in [4.69, 9.17) is 0 Å². The molecule has 0 N–H and O–H groups in total. The van der Waals surface area contributed by atoms with E-state index in [0.717, 1.165) is 12.2 Å². The standard InChI is InChI=1S/C18H20N4/c1-15(17-4-3-9-19-12-17)21(2)13-16-5-7-18(8-6-16)22-11-10-20-14-22/h3-12,14-15H,13H2,1-2H3. The molecule has 0 fully saturated rings. The Hall–Kier alpha value is -2.46. The fraction of sp³-hybridized carbons (Fsp3) is 0.222. The van der Waals surface area contributed by atoms with E-state index in [0.29, 0.717) is 6.04 Å². The molecule has 0 saturated carbocycles. The van der Waals surface area contributed by atoms with Gasteiger partial charge in [-0.1, -0.05) is 18.2 Å². The summed E-state index contributed by atoms with van der Waals surface area (Å²) in [6, 6.07) is 13.0. The summed E-state index contributed by atoms with van der Waals surface area (Å²) >= 11 is 0. The van der Waals surface area contributed by atoms with E-state index < -0.39 is 0 Å². The molecule has 0 aliphatic heterocycles. The van der Waals surface area contributed by atoms with Crippen LogP contribution in [0.15, 0.2) is 67.5 Å². The Balaban J connectivity index is 1.68. The minimum atomic E-state index is 0.335. The first-order valence-corrected chi connectivity index (χ1v) is 7.41. The van der Waals surface area contributed by atoms with Crippen molar-refractivity contribution in [1.29, 1.82) is 0 Å². The van der Waals surface area contributed by atoms with E-state index >= 15 is 0 Å². The van der Waals surface area contributed by atoms with Crippen molar-refractivity contribution in [2.24, 2.45) is 0 Å². The number of benzene rings is 1. The average Bonchev–Trinajstić information content (AvgIpc) is 3.10. The van der Waals surface area contributed by atoms with Gasteiger partial charge in [-0.25, -0.2) is 4.98 Å². The highest BCUT2D eigenvalue weighted by Crippen LogP contribution is 2.20. The Morgan fingerprint density at radius 3 is 2.55 bits per heavy atom. The molecular formula is C18H20N4. The molecule has 4 nitrogen and oxygen atoms in total. The summed E-state index contributed by atoms with van der Waals surface area (Å²) in [5.41, 5.74) is 3.66. The molecule has 0 amide bonds. The minimum absolute atomic E-state index is 0.335. The predicted octanol–water partition coefficient (Wildman–Crippen LogP) is 3.46. The van der Waals surface area contributed by atoms with Gasteiger partial charge in [0.05, 0.1) is 6.33 Å². The summed E-state index contributed by atoms with van der Waals surface area (Å²) in [5, 5.41) is 0. The van der Waals surface area contributed by atoms with Crippen LogP contribution in [0.3, 0.4) is 0 Å². The van der Waals surface area contributed by atoms with E-state index in [-0.39, 0.29) is 0 Å². The van der Waals surface area contributed by atoms with E-state index in [1.54, 1.807) is 6.20 Å². The molecule has 22 heavy (non-hydrogen) atoms. The van der Waals surface area contributed by atoms with Gasteiger partial charge in [0.25, 0.3) is 0 Å². The van der Waals surface area contributed by atoms with Gasteiger partial charge in [0.1, 0.15) is 0 Å². The van der Waals surface area contributed by atoms with Crippen LogP contribution >= 0.6 is 0 Å². The summed E-state index contributed by atoms with van der Waals surface area (Å²) in [6.07, 6.45) is 9.29. The molecule has 0 saturated heterocycles. The molecular weight excluding hydrogens is 272 g/mol. The summed E-state index contributed by atoms with van der Waals surface area (Å²) in [5.74, 6) is 0. The average molecular weight is 292 g/mol. The number of pyridine rings is 1. The number of hydrogen-bond acceptors (Lipinski definition) is 3. The van der Waals surface area contributed by atoms with Crippen molar-refractivity contribution in [3.63, 3.8) is 0 Å². The van der Waals surface area contributed by atoms with Crippen molar-refractivity contribution in [3.8, 4) is 5.69 Å². The number of aromatic nitrogens is 3. The Morgan fingerprint density at radius 2 is 1.91 bits per heavy atom. The topological polar surface area (TPSA) is 34.0 Å². The van der Waals surface area contributed by atoms with Gasteiger partial charge >= 0.3 is 0 Å². The Kier molecular flexibility index (Phi) is 4.30. The van der Waals surface area contributed by atoms with Crippen LogP contribution in [0.2, 0.25) is 0 Å². The highest BCUT2D eigenvalue weighted by molar-refractivity contribution is 5.34. The van der Waals surface area contributed by atoms with Gasteiger partial charge in [-0.2, -0.15) is 0 Å². The highest BCUT2D eigenvalue weighted by Gasteiger charge is 2.11. The third kappa shape index (κ3) is 3.23. The summed E-state index contributed by atoms with van der Waals surface area (Å²) < 4.78 is 2.01.